The lowest BCUT2D eigenvalue weighted by molar-refractivity contribution is -0.122. The molecule has 0 radical (unpaired) electrons. The van der Waals surface area contributed by atoms with Crippen LogP contribution in [-0.2, 0) is 21.2 Å². The molecule has 3 rings (SSSR count). The summed E-state index contributed by atoms with van der Waals surface area (Å²) in [5, 5.41) is 2.91. The highest BCUT2D eigenvalue weighted by atomic mass is 35.5. The van der Waals surface area contributed by atoms with E-state index in [0.717, 1.165) is 21.2 Å². The molecule has 1 aromatic heterocycles. The lowest BCUT2D eigenvalue weighted by Crippen LogP contribution is -2.24. The van der Waals surface area contributed by atoms with Crippen molar-refractivity contribution < 1.29 is 13.2 Å². The minimum atomic E-state index is -3.19. The van der Waals surface area contributed by atoms with Crippen molar-refractivity contribution in [1.82, 2.24) is 5.32 Å². The molecule has 7 heteroatoms. The van der Waals surface area contributed by atoms with Gasteiger partial charge in [-0.1, -0.05) is 23.7 Å². The summed E-state index contributed by atoms with van der Waals surface area (Å²) in [5.74, 6) is 0.326. The highest BCUT2D eigenvalue weighted by Crippen LogP contribution is 2.50. The molecule has 2 atom stereocenters. The summed E-state index contributed by atoms with van der Waals surface area (Å²) >= 11 is 7.45. The molecule has 2 aromatic rings. The molecule has 0 saturated heterocycles. The minimum Gasteiger partial charge on any atom is -0.352 e. The fourth-order valence-corrected chi connectivity index (χ4v) is 4.37. The molecule has 1 fully saturated rings. The van der Waals surface area contributed by atoms with Gasteiger partial charge in [0.1, 0.15) is 0 Å². The molecule has 1 aliphatic rings. The number of hydrogen-bond acceptors (Lipinski definition) is 4. The quantitative estimate of drug-likeness (QED) is 0.880. The lowest BCUT2D eigenvalue weighted by Gasteiger charge is -2.06. The molecular formula is C16H16ClNO3S2. The van der Waals surface area contributed by atoms with Gasteiger partial charge in [-0.05, 0) is 36.2 Å². The second-order valence-electron chi connectivity index (χ2n) is 5.72. The average Bonchev–Trinajstić information content (AvgIpc) is 3.19. The van der Waals surface area contributed by atoms with Crippen LogP contribution in [0.4, 0.5) is 0 Å². The maximum absolute atomic E-state index is 12.2. The van der Waals surface area contributed by atoms with E-state index >= 15 is 0 Å². The Morgan fingerprint density at radius 3 is 2.52 bits per heavy atom. The van der Waals surface area contributed by atoms with Crippen molar-refractivity contribution in [3.8, 4) is 0 Å². The number of amides is 1. The van der Waals surface area contributed by atoms with E-state index in [9.17, 15) is 13.2 Å². The molecular weight excluding hydrogens is 354 g/mol. The van der Waals surface area contributed by atoms with Crippen molar-refractivity contribution >= 4 is 38.7 Å². The SMILES string of the molecule is CS(=O)(=O)c1ccc(CNC(=O)[C@@H]2C[C@H]2c2ccc(Cl)s2)cc1. The molecule has 1 aliphatic carbocycles. The Morgan fingerprint density at radius 1 is 1.26 bits per heavy atom. The summed E-state index contributed by atoms with van der Waals surface area (Å²) < 4.78 is 23.6. The Morgan fingerprint density at radius 2 is 1.96 bits per heavy atom. The number of thiophene rings is 1. The van der Waals surface area contributed by atoms with Crippen LogP contribution in [-0.4, -0.2) is 20.6 Å². The number of carbonyl (C=O) groups excluding carboxylic acids is 1. The first-order chi connectivity index (χ1) is 10.8. The Bertz CT molecular complexity index is 827. The van der Waals surface area contributed by atoms with Gasteiger partial charge in [0.25, 0.3) is 0 Å². The summed E-state index contributed by atoms with van der Waals surface area (Å²) in [6.07, 6.45) is 2.03. The molecule has 0 unspecified atom stereocenters. The van der Waals surface area contributed by atoms with Gasteiger partial charge in [0.15, 0.2) is 9.84 Å². The third-order valence-corrected chi connectivity index (χ3v) is 6.40. The van der Waals surface area contributed by atoms with Gasteiger partial charge in [0.05, 0.1) is 9.23 Å². The predicted octanol–water partition coefficient (Wildman–Crippen LogP) is 3.22. The van der Waals surface area contributed by atoms with Crippen LogP contribution < -0.4 is 5.32 Å². The van der Waals surface area contributed by atoms with E-state index < -0.39 is 9.84 Å². The van der Waals surface area contributed by atoms with Gasteiger partial charge >= 0.3 is 0 Å². The molecule has 1 saturated carbocycles. The summed E-state index contributed by atoms with van der Waals surface area (Å²) in [7, 11) is -3.19. The third-order valence-electron chi connectivity index (χ3n) is 3.90. The topological polar surface area (TPSA) is 63.2 Å². The van der Waals surface area contributed by atoms with E-state index in [0.29, 0.717) is 6.54 Å². The highest BCUT2D eigenvalue weighted by Gasteiger charge is 2.44. The monoisotopic (exact) mass is 369 g/mol. The normalized spacial score (nSPS) is 20.3. The van der Waals surface area contributed by atoms with Crippen molar-refractivity contribution in [2.75, 3.05) is 6.26 Å². The van der Waals surface area contributed by atoms with Crippen molar-refractivity contribution in [3.63, 3.8) is 0 Å². The first-order valence-electron chi connectivity index (χ1n) is 7.16. The second kappa shape index (κ2) is 6.26. The molecule has 1 aromatic carbocycles. The first-order valence-corrected chi connectivity index (χ1v) is 10.2. The summed E-state index contributed by atoms with van der Waals surface area (Å²) in [6.45, 7) is 0.400. The molecule has 0 spiro atoms. The minimum absolute atomic E-state index is 0.0139. The van der Waals surface area contributed by atoms with E-state index in [2.05, 4.69) is 5.32 Å². The van der Waals surface area contributed by atoms with E-state index in [1.165, 1.54) is 17.6 Å². The molecule has 0 aliphatic heterocycles. The molecule has 1 heterocycles. The zero-order valence-electron chi connectivity index (χ0n) is 12.5. The lowest BCUT2D eigenvalue weighted by atomic mass is 10.2. The summed E-state index contributed by atoms with van der Waals surface area (Å²) in [5.41, 5.74) is 0.877. The number of halogens is 1. The van der Waals surface area contributed by atoms with E-state index in [4.69, 9.17) is 11.6 Å². The largest absolute Gasteiger partial charge is 0.352 e. The number of benzene rings is 1. The molecule has 4 nitrogen and oxygen atoms in total. The molecule has 1 amide bonds. The molecule has 23 heavy (non-hydrogen) atoms. The van der Waals surface area contributed by atoms with Crippen molar-refractivity contribution in [3.05, 3.63) is 51.2 Å². The van der Waals surface area contributed by atoms with Crippen LogP contribution in [0.25, 0.3) is 0 Å². The van der Waals surface area contributed by atoms with Crippen molar-refractivity contribution in [1.29, 1.82) is 0 Å². The Kier molecular flexibility index (Phi) is 4.49. The van der Waals surface area contributed by atoms with Gasteiger partial charge in [-0.2, -0.15) is 0 Å². The summed E-state index contributed by atoms with van der Waals surface area (Å²) in [4.78, 5) is 13.6. The Balaban J connectivity index is 1.54. The summed E-state index contributed by atoms with van der Waals surface area (Å²) in [6, 6.07) is 10.4. The smallest absolute Gasteiger partial charge is 0.224 e. The van der Waals surface area contributed by atoms with Gasteiger partial charge in [0, 0.05) is 29.5 Å². The Labute approximate surface area is 144 Å². The van der Waals surface area contributed by atoms with Gasteiger partial charge in [0.2, 0.25) is 5.91 Å². The van der Waals surface area contributed by atoms with Crippen LogP contribution >= 0.6 is 22.9 Å². The van der Waals surface area contributed by atoms with Crippen molar-refractivity contribution in [2.45, 2.75) is 23.8 Å². The van der Waals surface area contributed by atoms with Crippen LogP contribution in [0, 0.1) is 5.92 Å². The van der Waals surface area contributed by atoms with Gasteiger partial charge < -0.3 is 5.32 Å². The van der Waals surface area contributed by atoms with Gasteiger partial charge in [-0.3, -0.25) is 4.79 Å². The molecule has 1 N–H and O–H groups in total. The maximum atomic E-state index is 12.2. The van der Waals surface area contributed by atoms with Crippen LogP contribution in [0.5, 0.6) is 0 Å². The fraction of sp³-hybridized carbons (Fsp3) is 0.312. The number of nitrogens with one attached hydrogen (secondary N) is 1. The zero-order chi connectivity index (χ0) is 16.6. The number of sulfone groups is 1. The van der Waals surface area contributed by atoms with E-state index in [1.54, 1.807) is 24.3 Å². The van der Waals surface area contributed by atoms with Crippen LogP contribution in [0.1, 0.15) is 22.8 Å². The van der Waals surface area contributed by atoms with Gasteiger partial charge in [-0.25, -0.2) is 8.42 Å². The predicted molar refractivity (Wildman–Crippen MR) is 91.6 cm³/mol. The highest BCUT2D eigenvalue weighted by molar-refractivity contribution is 7.90. The number of carbonyl (C=O) groups is 1. The molecule has 122 valence electrons. The number of rotatable bonds is 5. The average molecular weight is 370 g/mol. The van der Waals surface area contributed by atoms with Crippen LogP contribution in [0.2, 0.25) is 4.34 Å². The van der Waals surface area contributed by atoms with Crippen LogP contribution in [0.3, 0.4) is 0 Å². The second-order valence-corrected chi connectivity index (χ2v) is 9.49. The van der Waals surface area contributed by atoms with Crippen LogP contribution in [0.15, 0.2) is 41.3 Å². The van der Waals surface area contributed by atoms with Gasteiger partial charge in [-0.15, -0.1) is 11.3 Å². The first kappa shape index (κ1) is 16.5. The standard InChI is InChI=1S/C16H16ClNO3S2/c1-23(20,21)11-4-2-10(3-5-11)9-18-16(19)13-8-12(13)14-6-7-15(17)22-14/h2-7,12-13H,8-9H2,1H3,(H,18,19)/t12-,13-/m1/s1. The maximum Gasteiger partial charge on any atom is 0.224 e. The zero-order valence-corrected chi connectivity index (χ0v) is 14.8. The molecule has 0 bridgehead atoms. The number of hydrogen-bond donors (Lipinski definition) is 1. The van der Waals surface area contributed by atoms with E-state index in [1.807, 2.05) is 12.1 Å². The Hall–Kier alpha value is -1.37. The fourth-order valence-electron chi connectivity index (χ4n) is 2.50. The van der Waals surface area contributed by atoms with Crippen molar-refractivity contribution in [2.24, 2.45) is 5.92 Å². The third kappa shape index (κ3) is 3.94. The van der Waals surface area contributed by atoms with E-state index in [-0.39, 0.29) is 22.6 Å².